The minimum atomic E-state index is 0. The molecule has 12 heavy (non-hydrogen) atoms. The van der Waals surface area contributed by atoms with Crippen molar-refractivity contribution in [2.75, 3.05) is 13.1 Å². The normalized spacial score (nSPS) is 7.42. The van der Waals surface area contributed by atoms with Gasteiger partial charge in [-0.3, -0.25) is 4.79 Å². The van der Waals surface area contributed by atoms with Crippen molar-refractivity contribution >= 4 is 5.91 Å². The van der Waals surface area contributed by atoms with E-state index < -0.39 is 0 Å². The second kappa shape index (κ2) is 14.1. The average molecular weight is 397 g/mol. The standard InChI is InChI=1S/C7H15NO.C2H6.U/c1-4-6-8(5-2)7(3)9;1-2;/h4-6H2,1-3H3;1-2H3;. The topological polar surface area (TPSA) is 20.3 Å². The number of amides is 1. The summed E-state index contributed by atoms with van der Waals surface area (Å²) in [6.45, 7) is 11.4. The predicted octanol–water partition coefficient (Wildman–Crippen LogP) is 2.29. The van der Waals surface area contributed by atoms with E-state index in [1.54, 1.807) is 6.92 Å². The molecule has 0 rings (SSSR count). The zero-order valence-corrected chi connectivity index (χ0v) is 13.1. The van der Waals surface area contributed by atoms with Crippen LogP contribution in [0.5, 0.6) is 0 Å². The van der Waals surface area contributed by atoms with Gasteiger partial charge in [-0.05, 0) is 13.3 Å². The van der Waals surface area contributed by atoms with Gasteiger partial charge < -0.3 is 4.90 Å². The van der Waals surface area contributed by atoms with Crippen LogP contribution < -0.4 is 0 Å². The van der Waals surface area contributed by atoms with Crippen LogP contribution in [0.4, 0.5) is 0 Å². The summed E-state index contributed by atoms with van der Waals surface area (Å²) in [5, 5.41) is 0. The molecule has 72 valence electrons. The van der Waals surface area contributed by atoms with Gasteiger partial charge in [-0.25, -0.2) is 0 Å². The summed E-state index contributed by atoms with van der Waals surface area (Å²) in [4.78, 5) is 12.5. The number of hydrogen-bond acceptors (Lipinski definition) is 1. The third kappa shape index (κ3) is 10.5. The van der Waals surface area contributed by atoms with Gasteiger partial charge in [0.2, 0.25) is 5.91 Å². The zero-order valence-electron chi connectivity index (χ0n) is 8.98. The molecule has 1 amide bonds. The van der Waals surface area contributed by atoms with E-state index >= 15 is 0 Å². The molecule has 0 aliphatic rings. The molecule has 0 aliphatic carbocycles. The maximum absolute atomic E-state index is 10.7. The van der Waals surface area contributed by atoms with Crippen LogP contribution in [0.25, 0.3) is 0 Å². The van der Waals surface area contributed by atoms with Crippen LogP contribution >= 0.6 is 0 Å². The van der Waals surface area contributed by atoms with E-state index in [0.29, 0.717) is 0 Å². The Morgan fingerprint density at radius 3 is 1.75 bits per heavy atom. The number of carbonyl (C=O) groups excluding carboxylic acids is 1. The molecule has 0 spiro atoms. The molecule has 0 aromatic carbocycles. The van der Waals surface area contributed by atoms with E-state index in [9.17, 15) is 4.79 Å². The molecular weight excluding hydrogens is 376 g/mol. The van der Waals surface area contributed by atoms with Crippen molar-refractivity contribution in [3.8, 4) is 0 Å². The summed E-state index contributed by atoms with van der Waals surface area (Å²) in [5.41, 5.74) is 0. The molecule has 0 saturated heterocycles. The maximum Gasteiger partial charge on any atom is 0.219 e. The van der Waals surface area contributed by atoms with E-state index in [4.69, 9.17) is 0 Å². The molecule has 3 heteroatoms. The van der Waals surface area contributed by atoms with Gasteiger partial charge in [-0.1, -0.05) is 20.8 Å². The van der Waals surface area contributed by atoms with Crippen molar-refractivity contribution in [2.24, 2.45) is 0 Å². The van der Waals surface area contributed by atoms with Gasteiger partial charge in [0, 0.05) is 51.1 Å². The minimum absolute atomic E-state index is 0. The number of hydrogen-bond donors (Lipinski definition) is 0. The number of rotatable bonds is 3. The molecule has 2 nitrogen and oxygen atoms in total. The number of nitrogens with zero attached hydrogens (tertiary/aromatic N) is 1. The van der Waals surface area contributed by atoms with Crippen molar-refractivity contribution in [3.63, 3.8) is 0 Å². The monoisotopic (exact) mass is 397 g/mol. The summed E-state index contributed by atoms with van der Waals surface area (Å²) >= 11 is 0. The predicted molar refractivity (Wildman–Crippen MR) is 49.6 cm³/mol. The SMILES string of the molecule is CC.CCCN(CC)C(C)=O.[U]. The van der Waals surface area contributed by atoms with Crippen molar-refractivity contribution in [3.05, 3.63) is 0 Å². The molecule has 0 N–H and O–H groups in total. The van der Waals surface area contributed by atoms with Crippen LogP contribution in [-0.4, -0.2) is 23.9 Å². The van der Waals surface area contributed by atoms with Crippen molar-refractivity contribution in [1.29, 1.82) is 0 Å². The van der Waals surface area contributed by atoms with Gasteiger partial charge in [0.1, 0.15) is 0 Å². The molecule has 0 bridgehead atoms. The van der Waals surface area contributed by atoms with Crippen molar-refractivity contribution < 1.29 is 35.9 Å². The molecule has 0 radical (unpaired) electrons. The molecule has 0 unspecified atom stereocenters. The van der Waals surface area contributed by atoms with Crippen LogP contribution in [0.3, 0.4) is 0 Å². The van der Waals surface area contributed by atoms with Gasteiger partial charge >= 0.3 is 0 Å². The fourth-order valence-electron chi connectivity index (χ4n) is 0.808. The quantitative estimate of drug-likeness (QED) is 0.716. The first-order valence-corrected chi connectivity index (χ1v) is 4.47. The van der Waals surface area contributed by atoms with Gasteiger partial charge in [-0.15, -0.1) is 0 Å². The van der Waals surface area contributed by atoms with E-state index in [1.807, 2.05) is 25.7 Å². The smallest absolute Gasteiger partial charge is 0.219 e. The van der Waals surface area contributed by atoms with Crippen LogP contribution in [0.1, 0.15) is 41.0 Å². The summed E-state index contributed by atoms with van der Waals surface area (Å²) in [7, 11) is 0. The Hall–Kier alpha value is 0.522. The van der Waals surface area contributed by atoms with Crippen LogP contribution in [0.15, 0.2) is 0 Å². The Morgan fingerprint density at radius 2 is 1.67 bits per heavy atom. The molecular formula is C9H21NOU. The Balaban J connectivity index is -0.000000249. The summed E-state index contributed by atoms with van der Waals surface area (Å²) in [6, 6.07) is 0. The first-order valence-electron chi connectivity index (χ1n) is 4.47. The second-order valence-electron chi connectivity index (χ2n) is 2.10. The molecule has 0 fully saturated rings. The molecule has 0 heterocycles. The van der Waals surface area contributed by atoms with Crippen molar-refractivity contribution in [2.45, 2.75) is 41.0 Å². The first kappa shape index (κ1) is 18.3. The fourth-order valence-corrected chi connectivity index (χ4v) is 0.808. The summed E-state index contributed by atoms with van der Waals surface area (Å²) in [5.74, 6) is 0.180. The Bertz CT molecular complexity index is 96.5. The Morgan fingerprint density at radius 1 is 1.25 bits per heavy atom. The first-order chi connectivity index (χ1) is 5.22. The van der Waals surface area contributed by atoms with Gasteiger partial charge in [0.25, 0.3) is 0 Å². The molecule has 0 atom stereocenters. The van der Waals surface area contributed by atoms with Crippen molar-refractivity contribution in [1.82, 2.24) is 4.90 Å². The van der Waals surface area contributed by atoms with E-state index in [-0.39, 0.29) is 37.0 Å². The van der Waals surface area contributed by atoms with Gasteiger partial charge in [0.15, 0.2) is 0 Å². The molecule has 0 aromatic rings. The van der Waals surface area contributed by atoms with E-state index in [2.05, 4.69) is 6.92 Å². The van der Waals surface area contributed by atoms with Crippen LogP contribution in [0.2, 0.25) is 0 Å². The van der Waals surface area contributed by atoms with E-state index in [1.165, 1.54) is 0 Å². The van der Waals surface area contributed by atoms with Gasteiger partial charge in [0.05, 0.1) is 0 Å². The number of carbonyl (C=O) groups is 1. The fraction of sp³-hybridized carbons (Fsp3) is 0.889. The maximum atomic E-state index is 10.7. The zero-order chi connectivity index (χ0) is 9.28. The second-order valence-corrected chi connectivity index (χ2v) is 2.10. The summed E-state index contributed by atoms with van der Waals surface area (Å²) in [6.07, 6.45) is 1.05. The minimum Gasteiger partial charge on any atom is -0.343 e. The third-order valence-electron chi connectivity index (χ3n) is 1.32. The van der Waals surface area contributed by atoms with Crippen LogP contribution in [0, 0.1) is 31.1 Å². The summed E-state index contributed by atoms with van der Waals surface area (Å²) < 4.78 is 0. The molecule has 0 aromatic heterocycles. The molecule has 0 saturated carbocycles. The average Bonchev–Trinajstić information content (AvgIpc) is 2.03. The third-order valence-corrected chi connectivity index (χ3v) is 1.32. The molecule has 0 aliphatic heterocycles. The Labute approximate surface area is 100 Å². The van der Waals surface area contributed by atoms with Crippen LogP contribution in [-0.2, 0) is 4.79 Å². The van der Waals surface area contributed by atoms with E-state index in [0.717, 1.165) is 19.5 Å². The Kier molecular flexibility index (Phi) is 21.5. The largest absolute Gasteiger partial charge is 0.343 e. The van der Waals surface area contributed by atoms with Gasteiger partial charge in [-0.2, -0.15) is 0 Å².